The van der Waals surface area contributed by atoms with Crippen molar-refractivity contribution >= 4 is 38.9 Å². The minimum atomic E-state index is -3.58. The van der Waals surface area contributed by atoms with Crippen molar-refractivity contribution < 1.29 is 12.9 Å². The van der Waals surface area contributed by atoms with Crippen LogP contribution in [0.2, 0.25) is 10.0 Å². The van der Waals surface area contributed by atoms with E-state index in [0.717, 1.165) is 0 Å². The van der Waals surface area contributed by atoms with Crippen molar-refractivity contribution in [3.05, 3.63) is 45.3 Å². The summed E-state index contributed by atoms with van der Waals surface area (Å²) >= 11 is 11.7. The Bertz CT molecular complexity index is 722. The largest absolute Gasteiger partial charge is 0.359 e. The summed E-state index contributed by atoms with van der Waals surface area (Å²) in [6.45, 7) is 3.30. The number of halogens is 2. The van der Waals surface area contributed by atoms with Crippen LogP contribution in [0.3, 0.4) is 0 Å². The fraction of sp³-hybridized carbons (Fsp3) is 0.250. The molecule has 1 aromatic heterocycles. The van der Waals surface area contributed by atoms with Gasteiger partial charge in [0.05, 0.1) is 15.8 Å². The van der Waals surface area contributed by atoms with Gasteiger partial charge in [-0.1, -0.05) is 34.4 Å². The zero-order chi connectivity index (χ0) is 14.9. The average molecular weight is 335 g/mol. The Hall–Kier alpha value is -1.24. The second-order valence-electron chi connectivity index (χ2n) is 4.31. The van der Waals surface area contributed by atoms with Crippen molar-refractivity contribution in [3.8, 4) is 0 Å². The lowest BCUT2D eigenvalue weighted by atomic mass is 10.2. The zero-order valence-corrected chi connectivity index (χ0v) is 13.1. The monoisotopic (exact) mass is 334 g/mol. The smallest absolute Gasteiger partial charge is 0.237 e. The van der Waals surface area contributed by atoms with Gasteiger partial charge in [0, 0.05) is 0 Å². The number of nitrogens with zero attached hydrogens (tertiary/aromatic N) is 1. The summed E-state index contributed by atoms with van der Waals surface area (Å²) in [5.41, 5.74) is 1.39. The Morgan fingerprint density at radius 1 is 1.25 bits per heavy atom. The van der Waals surface area contributed by atoms with Gasteiger partial charge >= 0.3 is 0 Å². The zero-order valence-electron chi connectivity index (χ0n) is 10.8. The molecular formula is C12H12Cl2N2O3S. The molecule has 2 aromatic rings. The standard InChI is InChI=1S/C12H12Cl2N2O3S/c1-7-12(8(2)19-15-7)16-20(17,18)6-9-3-4-10(13)11(14)5-9/h3-5,16H,6H2,1-2H3. The second kappa shape index (κ2) is 5.63. The molecule has 0 amide bonds. The van der Waals surface area contributed by atoms with Crippen LogP contribution in [0.1, 0.15) is 17.0 Å². The van der Waals surface area contributed by atoms with Crippen LogP contribution in [0, 0.1) is 13.8 Å². The highest BCUT2D eigenvalue weighted by Crippen LogP contribution is 2.25. The first-order chi connectivity index (χ1) is 9.28. The van der Waals surface area contributed by atoms with Crippen LogP contribution in [-0.4, -0.2) is 13.6 Å². The molecule has 2 rings (SSSR count). The lowest BCUT2D eigenvalue weighted by Crippen LogP contribution is -2.16. The van der Waals surface area contributed by atoms with Gasteiger partial charge in [0.1, 0.15) is 11.4 Å². The van der Waals surface area contributed by atoms with Crippen LogP contribution in [0.4, 0.5) is 5.69 Å². The summed E-state index contributed by atoms with van der Waals surface area (Å²) in [7, 11) is -3.58. The third-order valence-corrected chi connectivity index (χ3v) is 4.60. The Balaban J connectivity index is 2.21. The first-order valence-electron chi connectivity index (χ1n) is 5.66. The Morgan fingerprint density at radius 3 is 2.50 bits per heavy atom. The van der Waals surface area contributed by atoms with Crippen molar-refractivity contribution in [3.63, 3.8) is 0 Å². The number of aromatic nitrogens is 1. The fourth-order valence-electron chi connectivity index (χ4n) is 1.67. The first-order valence-corrected chi connectivity index (χ1v) is 8.06. The molecule has 0 aliphatic heterocycles. The molecule has 0 aliphatic carbocycles. The molecule has 108 valence electrons. The van der Waals surface area contributed by atoms with Gasteiger partial charge in [0.2, 0.25) is 10.0 Å². The summed E-state index contributed by atoms with van der Waals surface area (Å²) in [6.07, 6.45) is 0. The van der Waals surface area contributed by atoms with Crippen LogP contribution in [-0.2, 0) is 15.8 Å². The van der Waals surface area contributed by atoms with E-state index in [2.05, 4.69) is 9.88 Å². The molecular weight excluding hydrogens is 323 g/mol. The van der Waals surface area contributed by atoms with Crippen LogP contribution in [0.5, 0.6) is 0 Å². The minimum absolute atomic E-state index is 0.214. The highest BCUT2D eigenvalue weighted by atomic mass is 35.5. The summed E-state index contributed by atoms with van der Waals surface area (Å²) in [4.78, 5) is 0. The summed E-state index contributed by atoms with van der Waals surface area (Å²) in [5.74, 6) is 0.203. The minimum Gasteiger partial charge on any atom is -0.359 e. The summed E-state index contributed by atoms with van der Waals surface area (Å²) in [6, 6.07) is 4.70. The molecule has 20 heavy (non-hydrogen) atoms. The predicted octanol–water partition coefficient (Wildman–Crippen LogP) is 3.54. The molecule has 8 heteroatoms. The van der Waals surface area contributed by atoms with Crippen LogP contribution in [0.25, 0.3) is 0 Å². The molecule has 0 unspecified atom stereocenters. The number of nitrogens with one attached hydrogen (secondary N) is 1. The number of hydrogen-bond acceptors (Lipinski definition) is 4. The quantitative estimate of drug-likeness (QED) is 0.928. The number of hydrogen-bond donors (Lipinski definition) is 1. The lowest BCUT2D eigenvalue weighted by Gasteiger charge is -2.08. The molecule has 0 aliphatic rings. The molecule has 1 heterocycles. The molecule has 0 fully saturated rings. The van der Waals surface area contributed by atoms with Gasteiger partial charge in [-0.25, -0.2) is 8.42 Å². The van der Waals surface area contributed by atoms with Gasteiger partial charge in [-0.05, 0) is 31.5 Å². The van der Waals surface area contributed by atoms with Crippen molar-refractivity contribution in [2.45, 2.75) is 19.6 Å². The maximum Gasteiger partial charge on any atom is 0.237 e. The number of anilines is 1. The molecule has 0 spiro atoms. The van der Waals surface area contributed by atoms with E-state index >= 15 is 0 Å². The van der Waals surface area contributed by atoms with E-state index in [9.17, 15) is 8.42 Å². The summed E-state index contributed by atoms with van der Waals surface area (Å²) in [5, 5.41) is 4.39. The van der Waals surface area contributed by atoms with Gasteiger partial charge < -0.3 is 4.52 Å². The van der Waals surface area contributed by atoms with E-state index in [0.29, 0.717) is 32.8 Å². The van der Waals surface area contributed by atoms with Crippen molar-refractivity contribution in [2.75, 3.05) is 4.72 Å². The number of sulfonamides is 1. The highest BCUT2D eigenvalue weighted by Gasteiger charge is 2.18. The normalized spacial score (nSPS) is 11.6. The Labute approximate surface area is 126 Å². The van der Waals surface area contributed by atoms with Gasteiger partial charge in [0.25, 0.3) is 0 Å². The third kappa shape index (κ3) is 3.45. The third-order valence-electron chi connectivity index (χ3n) is 2.63. The van der Waals surface area contributed by atoms with Crippen LogP contribution < -0.4 is 4.72 Å². The van der Waals surface area contributed by atoms with E-state index < -0.39 is 10.0 Å². The number of rotatable bonds is 4. The van der Waals surface area contributed by atoms with E-state index in [1.807, 2.05) is 0 Å². The fourth-order valence-corrected chi connectivity index (χ4v) is 3.28. The number of aryl methyl sites for hydroxylation is 2. The van der Waals surface area contributed by atoms with Gasteiger partial charge in [0.15, 0.2) is 5.76 Å². The molecule has 0 radical (unpaired) electrons. The van der Waals surface area contributed by atoms with Crippen LogP contribution in [0.15, 0.2) is 22.7 Å². The topological polar surface area (TPSA) is 72.2 Å². The molecule has 0 bridgehead atoms. The SMILES string of the molecule is Cc1noc(C)c1NS(=O)(=O)Cc1ccc(Cl)c(Cl)c1. The van der Waals surface area contributed by atoms with Gasteiger partial charge in [-0.3, -0.25) is 4.72 Å². The van der Waals surface area contributed by atoms with Crippen molar-refractivity contribution in [2.24, 2.45) is 0 Å². The number of benzene rings is 1. The van der Waals surface area contributed by atoms with E-state index in [1.54, 1.807) is 26.0 Å². The van der Waals surface area contributed by atoms with E-state index in [-0.39, 0.29) is 5.75 Å². The maximum atomic E-state index is 12.1. The predicted molar refractivity (Wildman–Crippen MR) is 78.7 cm³/mol. The molecule has 0 atom stereocenters. The van der Waals surface area contributed by atoms with E-state index in [1.165, 1.54) is 6.07 Å². The summed E-state index contributed by atoms with van der Waals surface area (Å²) < 4.78 is 31.6. The Morgan fingerprint density at radius 2 is 1.95 bits per heavy atom. The highest BCUT2D eigenvalue weighted by molar-refractivity contribution is 7.91. The van der Waals surface area contributed by atoms with Crippen molar-refractivity contribution in [1.29, 1.82) is 0 Å². The molecule has 5 nitrogen and oxygen atoms in total. The maximum absolute atomic E-state index is 12.1. The average Bonchev–Trinajstić information content (AvgIpc) is 2.65. The van der Waals surface area contributed by atoms with Crippen LogP contribution >= 0.6 is 23.2 Å². The Kier molecular flexibility index (Phi) is 4.27. The van der Waals surface area contributed by atoms with Gasteiger partial charge in [-0.15, -0.1) is 0 Å². The molecule has 1 aromatic carbocycles. The van der Waals surface area contributed by atoms with Gasteiger partial charge in [-0.2, -0.15) is 0 Å². The second-order valence-corrected chi connectivity index (χ2v) is 6.85. The van der Waals surface area contributed by atoms with Crippen molar-refractivity contribution in [1.82, 2.24) is 5.16 Å². The lowest BCUT2D eigenvalue weighted by molar-refractivity contribution is 0.393. The first kappa shape index (κ1) is 15.2. The molecule has 0 saturated carbocycles. The molecule has 0 saturated heterocycles. The van der Waals surface area contributed by atoms with E-state index in [4.69, 9.17) is 27.7 Å². The molecule has 1 N–H and O–H groups in total.